The molecule has 5 fully saturated rings. The van der Waals surface area contributed by atoms with Crippen LogP contribution in [0.1, 0.15) is 43.2 Å². The zero-order valence-corrected chi connectivity index (χ0v) is 17.8. The number of esters is 1. The first-order valence-corrected chi connectivity index (χ1v) is 11.0. The maximum absolute atomic E-state index is 11.4. The van der Waals surface area contributed by atoms with Crippen molar-refractivity contribution in [1.29, 1.82) is 0 Å². The molecule has 3 bridgehead atoms. The predicted octanol–water partition coefficient (Wildman–Crippen LogP) is 4.19. The first kappa shape index (κ1) is 19.1. The quantitative estimate of drug-likeness (QED) is 0.437. The first-order chi connectivity index (χ1) is 14.4. The van der Waals surface area contributed by atoms with Gasteiger partial charge in [0.1, 0.15) is 5.75 Å². The Hall–Kier alpha value is -1.60. The number of methoxy groups -OCH3 is 2. The van der Waals surface area contributed by atoms with E-state index in [0.29, 0.717) is 28.4 Å². The zero-order chi connectivity index (χ0) is 20.9. The number of hydrogen-bond acceptors (Lipinski definition) is 6. The van der Waals surface area contributed by atoms with Gasteiger partial charge in [-0.15, -0.1) is 0 Å². The van der Waals surface area contributed by atoms with Crippen molar-refractivity contribution in [2.45, 2.75) is 43.5 Å². The summed E-state index contributed by atoms with van der Waals surface area (Å²) < 4.78 is 10.7. The SMILES string of the molecule is COC(=O)/C=C/c1ccc(C2(OC)OOC23C2CC4CC5CC3CC45C2)c(Cl)c1O. The third-order valence-electron chi connectivity index (χ3n) is 9.00. The summed E-state index contributed by atoms with van der Waals surface area (Å²) in [5, 5.41) is 10.9. The molecular weight excluding hydrogens is 408 g/mol. The van der Waals surface area contributed by atoms with Crippen LogP contribution in [0.2, 0.25) is 5.02 Å². The van der Waals surface area contributed by atoms with Gasteiger partial charge >= 0.3 is 5.97 Å². The van der Waals surface area contributed by atoms with E-state index in [-0.39, 0.29) is 10.8 Å². The van der Waals surface area contributed by atoms with Crippen molar-refractivity contribution >= 4 is 23.6 Å². The number of halogens is 1. The summed E-state index contributed by atoms with van der Waals surface area (Å²) in [7, 11) is 2.92. The lowest BCUT2D eigenvalue weighted by Crippen LogP contribution is -2.72. The molecule has 1 aromatic rings. The van der Waals surface area contributed by atoms with Gasteiger partial charge in [0.15, 0.2) is 5.60 Å². The summed E-state index contributed by atoms with van der Waals surface area (Å²) in [5.41, 5.74) is 0.938. The molecule has 2 spiro atoms. The first-order valence-electron chi connectivity index (χ1n) is 10.6. The number of hydrogen-bond donors (Lipinski definition) is 1. The van der Waals surface area contributed by atoms with Gasteiger partial charge in [-0.25, -0.2) is 9.68 Å². The van der Waals surface area contributed by atoms with Crippen molar-refractivity contribution in [2.75, 3.05) is 14.2 Å². The Labute approximate surface area is 180 Å². The Kier molecular flexibility index (Phi) is 3.82. The maximum atomic E-state index is 11.4. The van der Waals surface area contributed by atoms with Gasteiger partial charge in [-0.05, 0) is 67.3 Å². The lowest BCUT2D eigenvalue weighted by molar-refractivity contribution is -0.638. The van der Waals surface area contributed by atoms with Crippen molar-refractivity contribution in [3.63, 3.8) is 0 Å². The Bertz CT molecular complexity index is 945. The number of phenolic OH excluding ortho intramolecular Hbond substituents is 1. The molecule has 0 aromatic heterocycles. The molecule has 4 aliphatic carbocycles. The summed E-state index contributed by atoms with van der Waals surface area (Å²) in [5.74, 6) is 0.538. The molecule has 160 valence electrons. The highest BCUT2D eigenvalue weighted by Gasteiger charge is 2.83. The Morgan fingerprint density at radius 3 is 2.37 bits per heavy atom. The minimum Gasteiger partial charge on any atom is -0.506 e. The van der Waals surface area contributed by atoms with E-state index in [9.17, 15) is 9.90 Å². The van der Waals surface area contributed by atoms with Crippen molar-refractivity contribution in [2.24, 2.45) is 29.1 Å². The van der Waals surface area contributed by atoms with E-state index in [1.165, 1.54) is 25.7 Å². The summed E-state index contributed by atoms with van der Waals surface area (Å²) in [4.78, 5) is 23.2. The number of carbonyl (C=O) groups excluding carboxylic acids is 1. The lowest BCUT2D eigenvalue weighted by Gasteiger charge is -2.61. The van der Waals surface area contributed by atoms with Gasteiger partial charge in [0.2, 0.25) is 0 Å². The summed E-state index contributed by atoms with van der Waals surface area (Å²) in [6.45, 7) is 0. The van der Waals surface area contributed by atoms with Crippen LogP contribution in [0.15, 0.2) is 18.2 Å². The van der Waals surface area contributed by atoms with Crippen molar-refractivity contribution in [1.82, 2.24) is 0 Å². The second-order valence-electron chi connectivity index (χ2n) is 9.64. The second kappa shape index (κ2) is 6.00. The van der Waals surface area contributed by atoms with Gasteiger partial charge in [-0.1, -0.05) is 23.7 Å². The molecule has 1 heterocycles. The van der Waals surface area contributed by atoms with Crippen molar-refractivity contribution < 1.29 is 29.1 Å². The molecule has 1 saturated heterocycles. The van der Waals surface area contributed by atoms with Crippen molar-refractivity contribution in [3.8, 4) is 5.75 Å². The highest BCUT2D eigenvalue weighted by Crippen LogP contribution is 2.81. The summed E-state index contributed by atoms with van der Waals surface area (Å²) in [6.07, 6.45) is 8.68. The third-order valence-corrected chi connectivity index (χ3v) is 9.38. The molecule has 0 amide bonds. The molecule has 1 N–H and O–H groups in total. The Morgan fingerprint density at radius 1 is 1.13 bits per heavy atom. The zero-order valence-electron chi connectivity index (χ0n) is 17.0. The van der Waals surface area contributed by atoms with Gasteiger partial charge in [0.05, 0.1) is 12.1 Å². The predicted molar refractivity (Wildman–Crippen MR) is 107 cm³/mol. The number of fused-ring (bicyclic) bond motifs is 4. The number of ether oxygens (including phenoxy) is 2. The molecule has 1 aromatic carbocycles. The minimum absolute atomic E-state index is 0.123. The molecule has 6 rings (SSSR count). The van der Waals surface area contributed by atoms with Crippen LogP contribution >= 0.6 is 11.6 Å². The summed E-state index contributed by atoms with van der Waals surface area (Å²) >= 11 is 6.65. The average Bonchev–Trinajstić information content (AvgIpc) is 3.10. The van der Waals surface area contributed by atoms with Crippen LogP contribution in [0, 0.1) is 29.1 Å². The van der Waals surface area contributed by atoms with E-state index in [4.69, 9.17) is 26.1 Å². The topological polar surface area (TPSA) is 74.2 Å². The van der Waals surface area contributed by atoms with E-state index in [0.717, 1.165) is 37.5 Å². The van der Waals surface area contributed by atoms with Crippen LogP contribution in [-0.4, -0.2) is 30.9 Å². The van der Waals surface area contributed by atoms with E-state index >= 15 is 0 Å². The number of benzene rings is 1. The molecule has 30 heavy (non-hydrogen) atoms. The largest absolute Gasteiger partial charge is 0.506 e. The monoisotopic (exact) mass is 432 g/mol. The van der Waals surface area contributed by atoms with Crippen molar-refractivity contribution in [3.05, 3.63) is 34.4 Å². The standard InChI is InChI=1S/C23H25ClO6/c1-27-18(25)6-4-12-3-5-17(19(24)20(12)26)23(28-2)22(29-30-23)15-8-13-7-14-9-16(22)11-21(13,14)10-15/h3-6,13-16,26H,7-11H2,1-2H3/b6-4+. The van der Waals surface area contributed by atoms with Gasteiger partial charge < -0.3 is 14.6 Å². The fourth-order valence-corrected chi connectivity index (χ4v) is 8.09. The van der Waals surface area contributed by atoms with Crippen LogP contribution < -0.4 is 0 Å². The maximum Gasteiger partial charge on any atom is 0.330 e. The lowest BCUT2D eigenvalue weighted by atomic mass is 9.55. The molecular formula is C23H25ClO6. The number of aromatic hydroxyl groups is 1. The molecule has 5 aliphatic rings. The Balaban J connectivity index is 1.42. The minimum atomic E-state index is -1.14. The van der Waals surface area contributed by atoms with Gasteiger partial charge in [0, 0.05) is 24.3 Å². The molecule has 4 saturated carbocycles. The molecule has 0 radical (unpaired) electrons. The van der Waals surface area contributed by atoms with Gasteiger partial charge in [-0.2, -0.15) is 4.89 Å². The van der Waals surface area contributed by atoms with E-state index in [1.54, 1.807) is 19.2 Å². The van der Waals surface area contributed by atoms with Crippen LogP contribution in [0.5, 0.6) is 5.75 Å². The summed E-state index contributed by atoms with van der Waals surface area (Å²) in [6, 6.07) is 3.51. The normalized spacial score (nSPS) is 44.9. The van der Waals surface area contributed by atoms with E-state index in [1.807, 2.05) is 0 Å². The molecule has 7 heteroatoms. The van der Waals surface area contributed by atoms with Crippen LogP contribution in [-0.2, 0) is 29.8 Å². The molecule has 5 unspecified atom stereocenters. The molecule has 5 atom stereocenters. The highest BCUT2D eigenvalue weighted by atomic mass is 35.5. The highest BCUT2D eigenvalue weighted by molar-refractivity contribution is 6.33. The third kappa shape index (κ3) is 1.95. The van der Waals surface area contributed by atoms with Gasteiger partial charge in [0.25, 0.3) is 5.79 Å². The fourth-order valence-electron chi connectivity index (χ4n) is 7.80. The number of rotatable bonds is 4. The van der Waals surface area contributed by atoms with Crippen LogP contribution in [0.3, 0.4) is 0 Å². The number of phenols is 1. The van der Waals surface area contributed by atoms with Crippen LogP contribution in [0.25, 0.3) is 6.08 Å². The second-order valence-corrected chi connectivity index (χ2v) is 10.0. The number of carbonyl (C=O) groups is 1. The smallest absolute Gasteiger partial charge is 0.330 e. The van der Waals surface area contributed by atoms with E-state index in [2.05, 4.69) is 4.74 Å². The van der Waals surface area contributed by atoms with E-state index < -0.39 is 17.4 Å². The molecule has 6 nitrogen and oxygen atoms in total. The fraction of sp³-hybridized carbons (Fsp3) is 0.609. The average molecular weight is 433 g/mol. The Morgan fingerprint density at radius 2 is 1.80 bits per heavy atom. The van der Waals surface area contributed by atoms with Crippen LogP contribution in [0.4, 0.5) is 0 Å². The van der Waals surface area contributed by atoms with Gasteiger partial charge in [-0.3, -0.25) is 0 Å². The molecule has 1 aliphatic heterocycles.